The number of rotatable bonds is 3. The van der Waals surface area contributed by atoms with E-state index in [9.17, 15) is 4.79 Å². The fourth-order valence-electron chi connectivity index (χ4n) is 2.55. The Bertz CT molecular complexity index is 622. The molecule has 2 heterocycles. The molecule has 2 aromatic rings. The van der Waals surface area contributed by atoms with E-state index in [1.165, 1.54) is 5.69 Å². The van der Waals surface area contributed by atoms with E-state index in [2.05, 4.69) is 32.2 Å². The third-order valence-electron chi connectivity index (χ3n) is 3.75. The molecule has 1 N–H and O–H groups in total. The van der Waals surface area contributed by atoms with Crippen molar-refractivity contribution in [3.63, 3.8) is 0 Å². The SMILES string of the molecule is O=C(NCc1ccco1)N1CCN(c2ccccc2Br)CC1. The molecule has 0 aliphatic carbocycles. The molecular formula is C16H18BrN3O2. The van der Waals surface area contributed by atoms with Crippen LogP contribution in [0.4, 0.5) is 10.5 Å². The van der Waals surface area contributed by atoms with Crippen LogP contribution in [-0.2, 0) is 6.54 Å². The summed E-state index contributed by atoms with van der Waals surface area (Å²) in [7, 11) is 0. The van der Waals surface area contributed by atoms with Crippen molar-refractivity contribution in [2.24, 2.45) is 0 Å². The first-order valence-electron chi connectivity index (χ1n) is 7.28. The molecule has 22 heavy (non-hydrogen) atoms. The van der Waals surface area contributed by atoms with Crippen LogP contribution in [0, 0.1) is 0 Å². The fraction of sp³-hybridized carbons (Fsp3) is 0.312. The van der Waals surface area contributed by atoms with Crippen LogP contribution in [0.25, 0.3) is 0 Å². The number of carbonyl (C=O) groups excluding carboxylic acids is 1. The number of hydrogen-bond donors (Lipinski definition) is 1. The molecule has 1 aromatic heterocycles. The smallest absolute Gasteiger partial charge is 0.317 e. The Morgan fingerprint density at radius 3 is 2.59 bits per heavy atom. The van der Waals surface area contributed by atoms with Gasteiger partial charge in [-0.3, -0.25) is 0 Å². The molecule has 116 valence electrons. The van der Waals surface area contributed by atoms with Gasteiger partial charge in [-0.1, -0.05) is 12.1 Å². The van der Waals surface area contributed by atoms with Crippen molar-refractivity contribution in [2.75, 3.05) is 31.1 Å². The minimum absolute atomic E-state index is 0.0387. The predicted octanol–water partition coefficient (Wildman–Crippen LogP) is 3.07. The maximum atomic E-state index is 12.1. The normalized spacial score (nSPS) is 15.0. The molecule has 0 saturated carbocycles. The Morgan fingerprint density at radius 2 is 1.91 bits per heavy atom. The lowest BCUT2D eigenvalue weighted by Gasteiger charge is -2.36. The highest BCUT2D eigenvalue weighted by Crippen LogP contribution is 2.26. The Balaban J connectivity index is 1.51. The van der Waals surface area contributed by atoms with Gasteiger partial charge in [0.1, 0.15) is 5.76 Å². The largest absolute Gasteiger partial charge is 0.467 e. The third-order valence-corrected chi connectivity index (χ3v) is 4.42. The van der Waals surface area contributed by atoms with E-state index in [1.807, 2.05) is 35.2 Å². The van der Waals surface area contributed by atoms with Crippen LogP contribution in [0.1, 0.15) is 5.76 Å². The molecule has 6 heteroatoms. The van der Waals surface area contributed by atoms with Gasteiger partial charge >= 0.3 is 6.03 Å². The molecule has 1 aliphatic rings. The van der Waals surface area contributed by atoms with Gasteiger partial charge in [0, 0.05) is 30.7 Å². The molecule has 0 radical (unpaired) electrons. The standard InChI is InChI=1S/C16H18BrN3O2/c17-14-5-1-2-6-15(14)19-7-9-20(10-8-19)16(21)18-12-13-4-3-11-22-13/h1-6,11H,7-10,12H2,(H,18,21). The summed E-state index contributed by atoms with van der Waals surface area (Å²) in [6, 6.07) is 11.8. The number of anilines is 1. The molecule has 1 fully saturated rings. The van der Waals surface area contributed by atoms with E-state index in [-0.39, 0.29) is 6.03 Å². The van der Waals surface area contributed by atoms with Crippen molar-refractivity contribution in [1.82, 2.24) is 10.2 Å². The quantitative estimate of drug-likeness (QED) is 0.911. The van der Waals surface area contributed by atoms with Gasteiger partial charge in [-0.15, -0.1) is 0 Å². The number of halogens is 1. The van der Waals surface area contributed by atoms with E-state index in [1.54, 1.807) is 6.26 Å². The van der Waals surface area contributed by atoms with Crippen molar-refractivity contribution in [1.29, 1.82) is 0 Å². The monoisotopic (exact) mass is 363 g/mol. The fourth-order valence-corrected chi connectivity index (χ4v) is 3.08. The second-order valence-corrected chi connectivity index (χ2v) is 6.02. The van der Waals surface area contributed by atoms with Crippen LogP contribution >= 0.6 is 15.9 Å². The number of hydrogen-bond acceptors (Lipinski definition) is 3. The Morgan fingerprint density at radius 1 is 1.14 bits per heavy atom. The average molecular weight is 364 g/mol. The van der Waals surface area contributed by atoms with Crippen LogP contribution in [-0.4, -0.2) is 37.1 Å². The van der Waals surface area contributed by atoms with Crippen LogP contribution < -0.4 is 10.2 Å². The molecule has 0 spiro atoms. The number of nitrogens with zero attached hydrogens (tertiary/aromatic N) is 2. The van der Waals surface area contributed by atoms with Crippen molar-refractivity contribution in [3.05, 3.63) is 52.9 Å². The summed E-state index contributed by atoms with van der Waals surface area (Å²) in [5.41, 5.74) is 1.18. The zero-order valence-corrected chi connectivity index (χ0v) is 13.8. The number of urea groups is 1. The number of nitrogens with one attached hydrogen (secondary N) is 1. The summed E-state index contributed by atoms with van der Waals surface area (Å²) in [6.07, 6.45) is 1.61. The highest BCUT2D eigenvalue weighted by atomic mass is 79.9. The van der Waals surface area contributed by atoms with Crippen LogP contribution in [0.15, 0.2) is 51.6 Å². The summed E-state index contributed by atoms with van der Waals surface area (Å²) in [5, 5.41) is 2.89. The molecule has 1 saturated heterocycles. The van der Waals surface area contributed by atoms with Gasteiger partial charge in [-0.05, 0) is 40.2 Å². The van der Waals surface area contributed by atoms with Crippen molar-refractivity contribution in [2.45, 2.75) is 6.54 Å². The topological polar surface area (TPSA) is 48.7 Å². The lowest BCUT2D eigenvalue weighted by atomic mass is 10.2. The highest BCUT2D eigenvalue weighted by Gasteiger charge is 2.22. The number of furan rings is 1. The second kappa shape index (κ2) is 6.87. The van der Waals surface area contributed by atoms with E-state index in [0.29, 0.717) is 19.6 Å². The van der Waals surface area contributed by atoms with E-state index >= 15 is 0 Å². The summed E-state index contributed by atoms with van der Waals surface area (Å²) >= 11 is 3.58. The third kappa shape index (κ3) is 3.44. The molecule has 3 rings (SSSR count). The first-order valence-corrected chi connectivity index (χ1v) is 8.08. The maximum Gasteiger partial charge on any atom is 0.317 e. The van der Waals surface area contributed by atoms with E-state index in [4.69, 9.17) is 4.42 Å². The molecule has 5 nitrogen and oxygen atoms in total. The zero-order valence-electron chi connectivity index (χ0n) is 12.2. The van der Waals surface area contributed by atoms with Gasteiger partial charge in [-0.25, -0.2) is 4.79 Å². The minimum Gasteiger partial charge on any atom is -0.467 e. The molecule has 0 bridgehead atoms. The van der Waals surface area contributed by atoms with E-state index < -0.39 is 0 Å². The number of benzene rings is 1. The molecule has 0 atom stereocenters. The predicted molar refractivity (Wildman–Crippen MR) is 88.9 cm³/mol. The lowest BCUT2D eigenvalue weighted by molar-refractivity contribution is 0.193. The second-order valence-electron chi connectivity index (χ2n) is 5.16. The van der Waals surface area contributed by atoms with Crippen molar-refractivity contribution in [3.8, 4) is 0 Å². The van der Waals surface area contributed by atoms with Crippen molar-refractivity contribution < 1.29 is 9.21 Å². The molecule has 0 unspecified atom stereocenters. The van der Waals surface area contributed by atoms with Crippen molar-refractivity contribution >= 4 is 27.6 Å². The Hall–Kier alpha value is -1.95. The first-order chi connectivity index (χ1) is 10.7. The van der Waals surface area contributed by atoms with Gasteiger partial charge in [-0.2, -0.15) is 0 Å². The van der Waals surface area contributed by atoms with Crippen LogP contribution in [0.3, 0.4) is 0 Å². The number of para-hydroxylation sites is 1. The molecular weight excluding hydrogens is 346 g/mol. The highest BCUT2D eigenvalue weighted by molar-refractivity contribution is 9.10. The lowest BCUT2D eigenvalue weighted by Crippen LogP contribution is -2.51. The maximum absolute atomic E-state index is 12.1. The molecule has 2 amide bonds. The minimum atomic E-state index is -0.0387. The zero-order chi connectivity index (χ0) is 15.4. The van der Waals surface area contributed by atoms with Gasteiger partial charge in [0.15, 0.2) is 0 Å². The van der Waals surface area contributed by atoms with Gasteiger partial charge < -0.3 is 19.5 Å². The summed E-state index contributed by atoms with van der Waals surface area (Å²) in [5.74, 6) is 0.764. The van der Waals surface area contributed by atoms with Gasteiger partial charge in [0.05, 0.1) is 18.5 Å². The van der Waals surface area contributed by atoms with E-state index in [0.717, 1.165) is 23.3 Å². The summed E-state index contributed by atoms with van der Waals surface area (Å²) in [4.78, 5) is 16.3. The Labute approximate surface area is 138 Å². The molecule has 1 aliphatic heterocycles. The summed E-state index contributed by atoms with van der Waals surface area (Å²) < 4.78 is 6.30. The van der Waals surface area contributed by atoms with Crippen LogP contribution in [0.2, 0.25) is 0 Å². The summed E-state index contributed by atoms with van der Waals surface area (Å²) in [6.45, 7) is 3.51. The van der Waals surface area contributed by atoms with Gasteiger partial charge in [0.25, 0.3) is 0 Å². The average Bonchev–Trinajstić information content (AvgIpc) is 3.07. The number of carbonyl (C=O) groups is 1. The van der Waals surface area contributed by atoms with Gasteiger partial charge in [0.2, 0.25) is 0 Å². The first kappa shape index (κ1) is 15.0. The van der Waals surface area contributed by atoms with Crippen LogP contribution in [0.5, 0.6) is 0 Å². The molecule has 1 aromatic carbocycles. The Kier molecular flexibility index (Phi) is 4.68. The number of amides is 2. The number of piperazine rings is 1.